The Labute approximate surface area is 124 Å². The van der Waals surface area contributed by atoms with Gasteiger partial charge in [-0.15, -0.1) is 0 Å². The van der Waals surface area contributed by atoms with Crippen LogP contribution in [0.5, 0.6) is 5.75 Å². The van der Waals surface area contributed by atoms with Gasteiger partial charge in [-0.3, -0.25) is 0 Å². The van der Waals surface area contributed by atoms with Gasteiger partial charge in [-0.05, 0) is 46.1 Å². The van der Waals surface area contributed by atoms with E-state index in [0.717, 1.165) is 24.2 Å². The van der Waals surface area contributed by atoms with Crippen LogP contribution < -0.4 is 0 Å². The minimum Gasteiger partial charge on any atom is -0.507 e. The molecule has 0 heterocycles. The Morgan fingerprint density at radius 3 is 1.80 bits per heavy atom. The minimum atomic E-state index is 0.458. The third-order valence-corrected chi connectivity index (χ3v) is 3.55. The largest absolute Gasteiger partial charge is 0.507 e. The fourth-order valence-corrected chi connectivity index (χ4v) is 2.59. The van der Waals surface area contributed by atoms with Crippen LogP contribution in [0.2, 0.25) is 0 Å². The first-order valence-corrected chi connectivity index (χ1v) is 7.49. The standard InChI is InChI=1S/C17H30N2O/c1-7-8-13(2)14-9-15(11-18(3)4)17(20)16(10-14)12-19(5)6/h9-10,13,20H,7-8,11-12H2,1-6H3/t13-/m0/s1. The molecular formula is C17H30N2O. The van der Waals surface area contributed by atoms with E-state index in [1.165, 1.54) is 18.4 Å². The molecule has 0 aliphatic carbocycles. The Bertz CT molecular complexity index is 396. The Hall–Kier alpha value is -1.06. The van der Waals surface area contributed by atoms with E-state index in [1.54, 1.807) is 0 Å². The summed E-state index contributed by atoms with van der Waals surface area (Å²) in [6.45, 7) is 6.05. The van der Waals surface area contributed by atoms with Gasteiger partial charge < -0.3 is 14.9 Å². The summed E-state index contributed by atoms with van der Waals surface area (Å²) < 4.78 is 0. The molecule has 0 amide bonds. The van der Waals surface area contributed by atoms with Gasteiger partial charge in [-0.1, -0.05) is 32.4 Å². The molecule has 1 rings (SSSR count). The van der Waals surface area contributed by atoms with Crippen LogP contribution in [-0.2, 0) is 13.1 Å². The van der Waals surface area contributed by atoms with E-state index in [4.69, 9.17) is 0 Å². The van der Waals surface area contributed by atoms with Crippen LogP contribution in [0.3, 0.4) is 0 Å². The average Bonchev–Trinajstić information content (AvgIpc) is 2.33. The van der Waals surface area contributed by atoms with E-state index in [2.05, 4.69) is 35.8 Å². The van der Waals surface area contributed by atoms with Gasteiger partial charge in [0.1, 0.15) is 5.75 Å². The molecule has 3 heteroatoms. The minimum absolute atomic E-state index is 0.458. The van der Waals surface area contributed by atoms with Crippen LogP contribution in [-0.4, -0.2) is 43.1 Å². The zero-order valence-electron chi connectivity index (χ0n) is 13.9. The predicted octanol–water partition coefficient (Wildman–Crippen LogP) is 3.42. The number of aromatic hydroxyl groups is 1. The van der Waals surface area contributed by atoms with Gasteiger partial charge in [-0.25, -0.2) is 0 Å². The maximum absolute atomic E-state index is 10.5. The van der Waals surface area contributed by atoms with Crippen LogP contribution in [0.1, 0.15) is 49.3 Å². The molecule has 0 bridgehead atoms. The van der Waals surface area contributed by atoms with Crippen LogP contribution in [0.15, 0.2) is 12.1 Å². The highest BCUT2D eigenvalue weighted by Crippen LogP contribution is 2.31. The molecule has 3 nitrogen and oxygen atoms in total. The molecule has 0 saturated carbocycles. The van der Waals surface area contributed by atoms with E-state index in [9.17, 15) is 5.11 Å². The van der Waals surface area contributed by atoms with E-state index < -0.39 is 0 Å². The molecule has 0 radical (unpaired) electrons. The Morgan fingerprint density at radius 2 is 1.45 bits per heavy atom. The summed E-state index contributed by atoms with van der Waals surface area (Å²) in [6, 6.07) is 4.35. The lowest BCUT2D eigenvalue weighted by Gasteiger charge is -2.20. The van der Waals surface area contributed by atoms with Crippen LogP contribution in [0.25, 0.3) is 0 Å². The second kappa shape index (κ2) is 7.65. The van der Waals surface area contributed by atoms with Gasteiger partial charge in [-0.2, -0.15) is 0 Å². The van der Waals surface area contributed by atoms with Crippen molar-refractivity contribution in [1.82, 2.24) is 9.80 Å². The van der Waals surface area contributed by atoms with Crippen molar-refractivity contribution in [2.24, 2.45) is 0 Å². The van der Waals surface area contributed by atoms with Gasteiger partial charge in [0.25, 0.3) is 0 Å². The fraction of sp³-hybridized carbons (Fsp3) is 0.647. The van der Waals surface area contributed by atoms with Gasteiger partial charge in [0.15, 0.2) is 0 Å². The van der Waals surface area contributed by atoms with Crippen LogP contribution in [0.4, 0.5) is 0 Å². The summed E-state index contributed by atoms with van der Waals surface area (Å²) in [5.74, 6) is 1.00. The number of nitrogens with zero attached hydrogens (tertiary/aromatic N) is 2. The van der Waals surface area contributed by atoms with E-state index in [0.29, 0.717) is 11.7 Å². The number of phenolic OH excluding ortho intramolecular Hbond substituents is 1. The first-order valence-electron chi connectivity index (χ1n) is 7.49. The van der Waals surface area contributed by atoms with E-state index in [-0.39, 0.29) is 0 Å². The summed E-state index contributed by atoms with van der Waals surface area (Å²) in [6.07, 6.45) is 2.38. The Kier molecular flexibility index (Phi) is 6.50. The van der Waals surface area contributed by atoms with Crippen molar-refractivity contribution in [3.8, 4) is 5.75 Å². The monoisotopic (exact) mass is 278 g/mol. The number of rotatable bonds is 7. The lowest BCUT2D eigenvalue weighted by molar-refractivity contribution is 0.367. The van der Waals surface area contributed by atoms with Crippen molar-refractivity contribution in [1.29, 1.82) is 0 Å². The Morgan fingerprint density at radius 1 is 1.00 bits per heavy atom. The van der Waals surface area contributed by atoms with Crippen LogP contribution >= 0.6 is 0 Å². The second-order valence-electron chi connectivity index (χ2n) is 6.35. The molecule has 1 aromatic rings. The fourth-order valence-electron chi connectivity index (χ4n) is 2.59. The van der Waals surface area contributed by atoms with Crippen molar-refractivity contribution >= 4 is 0 Å². The van der Waals surface area contributed by atoms with Crippen molar-refractivity contribution < 1.29 is 5.11 Å². The van der Waals surface area contributed by atoms with Gasteiger partial charge >= 0.3 is 0 Å². The molecule has 0 aliphatic rings. The van der Waals surface area contributed by atoms with Crippen molar-refractivity contribution in [2.45, 2.75) is 45.7 Å². The third kappa shape index (κ3) is 4.80. The summed E-state index contributed by atoms with van der Waals surface area (Å²) >= 11 is 0. The lowest BCUT2D eigenvalue weighted by Crippen LogP contribution is -2.14. The molecule has 0 fully saturated rings. The van der Waals surface area contributed by atoms with Crippen molar-refractivity contribution in [3.05, 3.63) is 28.8 Å². The third-order valence-electron chi connectivity index (χ3n) is 3.55. The van der Waals surface area contributed by atoms with E-state index >= 15 is 0 Å². The predicted molar refractivity (Wildman–Crippen MR) is 86.2 cm³/mol. The summed E-state index contributed by atoms with van der Waals surface area (Å²) in [5, 5.41) is 10.5. The molecule has 1 aromatic carbocycles. The quantitative estimate of drug-likeness (QED) is 0.828. The van der Waals surface area contributed by atoms with Gasteiger partial charge in [0.2, 0.25) is 0 Å². The molecule has 0 aromatic heterocycles. The zero-order valence-corrected chi connectivity index (χ0v) is 13.9. The highest BCUT2D eigenvalue weighted by molar-refractivity contribution is 5.44. The topological polar surface area (TPSA) is 26.7 Å². The summed E-state index contributed by atoms with van der Waals surface area (Å²) in [4.78, 5) is 4.20. The molecule has 20 heavy (non-hydrogen) atoms. The van der Waals surface area contributed by atoms with Gasteiger partial charge in [0, 0.05) is 24.2 Å². The highest BCUT2D eigenvalue weighted by Gasteiger charge is 2.14. The summed E-state index contributed by atoms with van der Waals surface area (Å²) in [7, 11) is 8.14. The second-order valence-corrected chi connectivity index (χ2v) is 6.35. The number of phenols is 1. The first kappa shape index (κ1) is 17.0. The molecule has 0 saturated heterocycles. The number of hydrogen-bond donors (Lipinski definition) is 1. The van der Waals surface area contributed by atoms with Crippen molar-refractivity contribution in [2.75, 3.05) is 28.2 Å². The molecule has 0 spiro atoms. The lowest BCUT2D eigenvalue weighted by atomic mass is 9.92. The average molecular weight is 278 g/mol. The first-order chi connectivity index (χ1) is 9.35. The van der Waals surface area contributed by atoms with Gasteiger partial charge in [0.05, 0.1) is 0 Å². The number of hydrogen-bond acceptors (Lipinski definition) is 3. The Balaban J connectivity index is 3.18. The maximum atomic E-state index is 10.5. The van der Waals surface area contributed by atoms with Crippen molar-refractivity contribution in [3.63, 3.8) is 0 Å². The smallest absolute Gasteiger partial charge is 0.124 e. The highest BCUT2D eigenvalue weighted by atomic mass is 16.3. The molecule has 1 atom stereocenters. The molecule has 0 unspecified atom stereocenters. The molecular weight excluding hydrogens is 248 g/mol. The van der Waals surface area contributed by atoms with Crippen LogP contribution in [0, 0.1) is 0 Å². The SMILES string of the molecule is CCC[C@H](C)c1cc(CN(C)C)c(O)c(CN(C)C)c1. The summed E-state index contributed by atoms with van der Waals surface area (Å²) in [5.41, 5.74) is 3.41. The normalized spacial score (nSPS) is 13.2. The molecule has 114 valence electrons. The van der Waals surface area contributed by atoms with E-state index in [1.807, 2.05) is 28.2 Å². The molecule has 0 aliphatic heterocycles. The zero-order chi connectivity index (χ0) is 15.3. The number of benzene rings is 1. The maximum Gasteiger partial charge on any atom is 0.124 e. The molecule has 1 N–H and O–H groups in total.